The zero-order valence-corrected chi connectivity index (χ0v) is 10.1. The molecule has 0 saturated carbocycles. The van der Waals surface area contributed by atoms with E-state index in [-0.39, 0.29) is 0 Å². The van der Waals surface area contributed by atoms with Crippen LogP contribution in [0.2, 0.25) is 0 Å². The third-order valence-electron chi connectivity index (χ3n) is 2.77. The summed E-state index contributed by atoms with van der Waals surface area (Å²) in [5, 5.41) is 21.5. The Labute approximate surface area is 109 Å². The minimum atomic E-state index is 0.406. The van der Waals surface area contributed by atoms with Crippen molar-refractivity contribution in [1.82, 2.24) is 0 Å². The number of hydrogen-bond acceptors (Lipinski definition) is 4. The maximum Gasteiger partial charge on any atom is 0.103 e. The minimum Gasteiger partial charge on any atom is -0.353 e. The maximum atomic E-state index is 9.20. The number of nitrogens with one attached hydrogen (secondary N) is 1. The number of hydrogen-bond donors (Lipinski definition) is 1. The Morgan fingerprint density at radius 1 is 0.944 bits per heavy atom. The summed E-state index contributed by atoms with van der Waals surface area (Å²) in [4.78, 5) is 2.10. The first kappa shape index (κ1) is 10.7. The van der Waals surface area contributed by atoms with Gasteiger partial charge >= 0.3 is 0 Å². The van der Waals surface area contributed by atoms with Crippen molar-refractivity contribution < 1.29 is 0 Å². The molecule has 0 saturated heterocycles. The number of nitriles is 2. The summed E-state index contributed by atoms with van der Waals surface area (Å²) >= 11 is 1.61. The lowest BCUT2D eigenvalue weighted by molar-refractivity contribution is 1.28. The van der Waals surface area contributed by atoms with E-state index in [1.54, 1.807) is 17.8 Å². The van der Waals surface area contributed by atoms with Gasteiger partial charge in [-0.1, -0.05) is 23.9 Å². The van der Waals surface area contributed by atoms with E-state index in [1.165, 1.54) is 0 Å². The summed E-state index contributed by atoms with van der Waals surface area (Å²) < 4.78 is 0. The van der Waals surface area contributed by atoms with Crippen LogP contribution in [0.4, 0.5) is 11.4 Å². The first-order valence-electron chi connectivity index (χ1n) is 5.34. The van der Waals surface area contributed by atoms with E-state index in [4.69, 9.17) is 5.26 Å². The van der Waals surface area contributed by atoms with Crippen molar-refractivity contribution in [2.75, 3.05) is 5.32 Å². The van der Waals surface area contributed by atoms with Gasteiger partial charge in [0.15, 0.2) is 0 Å². The quantitative estimate of drug-likeness (QED) is 0.660. The minimum absolute atomic E-state index is 0.406. The third-order valence-corrected chi connectivity index (χ3v) is 3.90. The Morgan fingerprint density at radius 2 is 1.78 bits per heavy atom. The van der Waals surface area contributed by atoms with Gasteiger partial charge in [0.2, 0.25) is 0 Å². The van der Waals surface area contributed by atoms with Gasteiger partial charge in [-0.25, -0.2) is 0 Å². The van der Waals surface area contributed by atoms with Crippen molar-refractivity contribution in [3.8, 4) is 12.1 Å². The van der Waals surface area contributed by atoms with Crippen LogP contribution in [-0.4, -0.2) is 0 Å². The fraction of sp³-hybridized carbons (Fsp3) is 0. The number of benzene rings is 2. The molecule has 0 fully saturated rings. The molecule has 84 valence electrons. The lowest BCUT2D eigenvalue weighted by Crippen LogP contribution is -2.03. The molecule has 1 aliphatic heterocycles. The SMILES string of the molecule is N#Cc1ccc2c(c1C#N)Nc1ccccc1S2. The normalized spacial score (nSPS) is 11.4. The van der Waals surface area contributed by atoms with Crippen LogP contribution in [0.15, 0.2) is 46.2 Å². The molecule has 0 spiro atoms. The number of rotatable bonds is 0. The van der Waals surface area contributed by atoms with Crippen LogP contribution in [0.1, 0.15) is 11.1 Å². The molecule has 1 N–H and O–H groups in total. The maximum absolute atomic E-state index is 9.20. The lowest BCUT2D eigenvalue weighted by atomic mass is 10.1. The number of anilines is 2. The Balaban J connectivity index is 2.20. The molecular weight excluding hydrogens is 242 g/mol. The molecular formula is C14H7N3S. The highest BCUT2D eigenvalue weighted by Crippen LogP contribution is 2.45. The predicted molar refractivity (Wildman–Crippen MR) is 69.7 cm³/mol. The summed E-state index contributed by atoms with van der Waals surface area (Å²) in [7, 11) is 0. The summed E-state index contributed by atoms with van der Waals surface area (Å²) in [6.07, 6.45) is 0. The number of nitrogens with zero attached hydrogens (tertiary/aromatic N) is 2. The number of fused-ring (bicyclic) bond motifs is 2. The van der Waals surface area contributed by atoms with Gasteiger partial charge in [0.05, 0.1) is 22.5 Å². The van der Waals surface area contributed by atoms with Gasteiger partial charge in [-0.3, -0.25) is 0 Å². The van der Waals surface area contributed by atoms with Gasteiger partial charge in [-0.15, -0.1) is 0 Å². The summed E-state index contributed by atoms with van der Waals surface area (Å²) in [5.74, 6) is 0. The molecule has 0 unspecified atom stereocenters. The highest BCUT2D eigenvalue weighted by Gasteiger charge is 2.20. The molecule has 4 heteroatoms. The molecule has 0 bridgehead atoms. The third kappa shape index (κ3) is 1.52. The van der Waals surface area contributed by atoms with E-state index in [0.717, 1.165) is 21.2 Å². The van der Waals surface area contributed by atoms with Crippen molar-refractivity contribution >= 4 is 23.1 Å². The fourth-order valence-electron chi connectivity index (χ4n) is 1.91. The van der Waals surface area contributed by atoms with Crippen LogP contribution in [0.5, 0.6) is 0 Å². The molecule has 0 radical (unpaired) electrons. The second-order valence-electron chi connectivity index (χ2n) is 3.81. The molecule has 3 rings (SSSR count). The first-order chi connectivity index (χ1) is 8.83. The van der Waals surface area contributed by atoms with Crippen molar-refractivity contribution in [2.45, 2.75) is 9.79 Å². The van der Waals surface area contributed by atoms with Gasteiger partial charge in [0.25, 0.3) is 0 Å². The second-order valence-corrected chi connectivity index (χ2v) is 4.89. The summed E-state index contributed by atoms with van der Waals surface area (Å²) in [6, 6.07) is 15.6. The summed E-state index contributed by atoms with van der Waals surface area (Å²) in [6.45, 7) is 0. The predicted octanol–water partition coefficient (Wildman–Crippen LogP) is 3.64. The Morgan fingerprint density at radius 3 is 2.56 bits per heavy atom. The molecule has 18 heavy (non-hydrogen) atoms. The first-order valence-corrected chi connectivity index (χ1v) is 6.16. The van der Waals surface area contributed by atoms with Crippen molar-refractivity contribution in [3.63, 3.8) is 0 Å². The molecule has 0 aromatic heterocycles. The van der Waals surface area contributed by atoms with Gasteiger partial charge < -0.3 is 5.32 Å². The van der Waals surface area contributed by atoms with Gasteiger partial charge in [-0.05, 0) is 24.3 Å². The van der Waals surface area contributed by atoms with Crippen LogP contribution < -0.4 is 5.32 Å². The Hall–Kier alpha value is -2.43. The van der Waals surface area contributed by atoms with Crippen molar-refractivity contribution in [3.05, 3.63) is 47.5 Å². The van der Waals surface area contributed by atoms with Gasteiger partial charge in [0.1, 0.15) is 12.1 Å². The molecule has 2 aromatic rings. The van der Waals surface area contributed by atoms with Crippen LogP contribution in [0.25, 0.3) is 0 Å². The monoisotopic (exact) mass is 249 g/mol. The van der Waals surface area contributed by atoms with E-state index in [9.17, 15) is 5.26 Å². The van der Waals surface area contributed by atoms with E-state index < -0.39 is 0 Å². The zero-order chi connectivity index (χ0) is 12.5. The van der Waals surface area contributed by atoms with E-state index in [1.807, 2.05) is 36.4 Å². The summed E-state index contributed by atoms with van der Waals surface area (Å²) in [5.41, 5.74) is 2.53. The smallest absolute Gasteiger partial charge is 0.103 e. The second kappa shape index (κ2) is 4.10. The highest BCUT2D eigenvalue weighted by atomic mass is 32.2. The molecule has 0 amide bonds. The van der Waals surface area contributed by atoms with Crippen LogP contribution in [-0.2, 0) is 0 Å². The molecule has 0 atom stereocenters. The van der Waals surface area contributed by atoms with Crippen LogP contribution >= 0.6 is 11.8 Å². The topological polar surface area (TPSA) is 59.6 Å². The zero-order valence-electron chi connectivity index (χ0n) is 9.27. The molecule has 0 aliphatic carbocycles. The van der Waals surface area contributed by atoms with Crippen LogP contribution in [0.3, 0.4) is 0 Å². The number of para-hydroxylation sites is 1. The van der Waals surface area contributed by atoms with Crippen molar-refractivity contribution in [1.29, 1.82) is 10.5 Å². The standard InChI is InChI=1S/C14H7N3S/c15-7-9-5-6-13-14(10(9)8-16)17-11-3-1-2-4-12(11)18-13/h1-6,17H. The Bertz CT molecular complexity index is 723. The largest absolute Gasteiger partial charge is 0.353 e. The fourth-order valence-corrected chi connectivity index (χ4v) is 2.92. The van der Waals surface area contributed by atoms with Gasteiger partial charge in [0, 0.05) is 9.79 Å². The van der Waals surface area contributed by atoms with Crippen LogP contribution in [0, 0.1) is 22.7 Å². The average Bonchev–Trinajstić information content (AvgIpc) is 2.43. The van der Waals surface area contributed by atoms with E-state index >= 15 is 0 Å². The Kier molecular flexibility index (Phi) is 2.44. The van der Waals surface area contributed by atoms with Crippen molar-refractivity contribution in [2.24, 2.45) is 0 Å². The lowest BCUT2D eigenvalue weighted by Gasteiger charge is -2.21. The van der Waals surface area contributed by atoms with Gasteiger partial charge in [-0.2, -0.15) is 10.5 Å². The highest BCUT2D eigenvalue weighted by molar-refractivity contribution is 7.99. The average molecular weight is 249 g/mol. The molecule has 1 aliphatic rings. The van der Waals surface area contributed by atoms with E-state index in [2.05, 4.69) is 11.4 Å². The molecule has 1 heterocycles. The van der Waals surface area contributed by atoms with E-state index in [0.29, 0.717) is 11.1 Å². The molecule has 2 aromatic carbocycles. The molecule has 3 nitrogen and oxygen atoms in total.